The standard InChI is InChI=1S/C18H16FN3O2/c19-14-6-1-12(2-7-14)3-10-17(23)21-15-8-9-16(20-11-15)22-18(24)13-4-5-13/h1-3,6-11,13H,4-5H2,(H,21,23)(H,20,22,24)/b10-3+. The first kappa shape index (κ1) is 15.9. The maximum Gasteiger partial charge on any atom is 0.248 e. The molecule has 3 rings (SSSR count). The Balaban J connectivity index is 1.53. The Morgan fingerprint density at radius 1 is 1.08 bits per heavy atom. The molecule has 122 valence electrons. The highest BCUT2D eigenvalue weighted by Gasteiger charge is 2.29. The Morgan fingerprint density at radius 3 is 2.46 bits per heavy atom. The van der Waals surface area contributed by atoms with Crippen molar-refractivity contribution in [3.63, 3.8) is 0 Å². The van der Waals surface area contributed by atoms with Crippen molar-refractivity contribution in [3.05, 3.63) is 60.1 Å². The number of rotatable bonds is 5. The number of nitrogens with zero attached hydrogens (tertiary/aromatic N) is 1. The van der Waals surface area contributed by atoms with E-state index in [0.29, 0.717) is 11.5 Å². The molecule has 1 aliphatic carbocycles. The molecule has 0 radical (unpaired) electrons. The summed E-state index contributed by atoms with van der Waals surface area (Å²) in [6, 6.07) is 9.13. The van der Waals surface area contributed by atoms with Gasteiger partial charge in [0.05, 0.1) is 11.9 Å². The van der Waals surface area contributed by atoms with E-state index < -0.39 is 0 Å². The van der Waals surface area contributed by atoms with E-state index in [1.54, 1.807) is 30.3 Å². The average Bonchev–Trinajstić information content (AvgIpc) is 3.41. The van der Waals surface area contributed by atoms with Crippen LogP contribution in [0.4, 0.5) is 15.9 Å². The molecule has 1 aliphatic rings. The van der Waals surface area contributed by atoms with Crippen LogP contribution in [-0.4, -0.2) is 16.8 Å². The predicted molar refractivity (Wildman–Crippen MR) is 89.7 cm³/mol. The van der Waals surface area contributed by atoms with Gasteiger partial charge >= 0.3 is 0 Å². The molecular weight excluding hydrogens is 309 g/mol. The number of anilines is 2. The van der Waals surface area contributed by atoms with Crippen LogP contribution in [0.3, 0.4) is 0 Å². The summed E-state index contributed by atoms with van der Waals surface area (Å²) in [5, 5.41) is 5.39. The van der Waals surface area contributed by atoms with Crippen LogP contribution in [0.2, 0.25) is 0 Å². The minimum atomic E-state index is -0.323. The molecule has 5 nitrogen and oxygen atoms in total. The van der Waals surface area contributed by atoms with Crippen LogP contribution in [0.1, 0.15) is 18.4 Å². The third kappa shape index (κ3) is 4.49. The van der Waals surface area contributed by atoms with Crippen LogP contribution < -0.4 is 10.6 Å². The van der Waals surface area contributed by atoms with Gasteiger partial charge in [0, 0.05) is 12.0 Å². The molecule has 0 atom stereocenters. The van der Waals surface area contributed by atoms with E-state index in [2.05, 4.69) is 15.6 Å². The second kappa shape index (κ2) is 7.04. The lowest BCUT2D eigenvalue weighted by Gasteiger charge is -2.05. The zero-order valence-corrected chi connectivity index (χ0v) is 12.8. The predicted octanol–water partition coefficient (Wildman–Crippen LogP) is 3.22. The number of pyridine rings is 1. The van der Waals surface area contributed by atoms with Crippen LogP contribution in [0, 0.1) is 11.7 Å². The molecule has 6 heteroatoms. The summed E-state index contributed by atoms with van der Waals surface area (Å²) in [7, 11) is 0. The Morgan fingerprint density at radius 2 is 1.83 bits per heavy atom. The number of hydrogen-bond donors (Lipinski definition) is 2. The summed E-state index contributed by atoms with van der Waals surface area (Å²) in [6.45, 7) is 0. The lowest BCUT2D eigenvalue weighted by Crippen LogP contribution is -2.14. The van der Waals surface area contributed by atoms with Gasteiger partial charge in [-0.1, -0.05) is 12.1 Å². The van der Waals surface area contributed by atoms with Crippen LogP contribution in [0.25, 0.3) is 6.08 Å². The van der Waals surface area contributed by atoms with Crippen molar-refractivity contribution in [2.24, 2.45) is 5.92 Å². The maximum atomic E-state index is 12.8. The molecule has 0 saturated heterocycles. The third-order valence-electron chi connectivity index (χ3n) is 3.53. The number of carbonyl (C=O) groups is 2. The summed E-state index contributed by atoms with van der Waals surface area (Å²) in [4.78, 5) is 27.6. The molecule has 1 saturated carbocycles. The van der Waals surface area contributed by atoms with Gasteiger partial charge in [0.2, 0.25) is 11.8 Å². The summed E-state index contributed by atoms with van der Waals surface area (Å²) >= 11 is 0. The van der Waals surface area contributed by atoms with Gasteiger partial charge < -0.3 is 10.6 Å². The van der Waals surface area contributed by atoms with Gasteiger partial charge in [-0.2, -0.15) is 0 Å². The molecule has 1 fully saturated rings. The van der Waals surface area contributed by atoms with Crippen molar-refractivity contribution in [2.75, 3.05) is 10.6 Å². The van der Waals surface area contributed by atoms with Crippen LogP contribution in [0.5, 0.6) is 0 Å². The van der Waals surface area contributed by atoms with Crippen LogP contribution in [0.15, 0.2) is 48.7 Å². The first-order chi connectivity index (χ1) is 11.6. The fraction of sp³-hybridized carbons (Fsp3) is 0.167. The van der Waals surface area contributed by atoms with Gasteiger partial charge in [-0.25, -0.2) is 9.37 Å². The molecule has 2 amide bonds. The van der Waals surface area contributed by atoms with Crippen LogP contribution >= 0.6 is 0 Å². The molecule has 1 heterocycles. The fourth-order valence-corrected chi connectivity index (χ4v) is 2.05. The van der Waals surface area contributed by atoms with E-state index in [1.165, 1.54) is 24.4 Å². The molecule has 0 bridgehead atoms. The largest absolute Gasteiger partial charge is 0.321 e. The highest BCUT2D eigenvalue weighted by Crippen LogP contribution is 2.29. The summed E-state index contributed by atoms with van der Waals surface area (Å²) < 4.78 is 12.8. The number of nitrogens with one attached hydrogen (secondary N) is 2. The van der Waals surface area contributed by atoms with E-state index in [0.717, 1.165) is 18.4 Å². The number of benzene rings is 1. The van der Waals surface area contributed by atoms with Gasteiger partial charge in [-0.05, 0) is 48.7 Å². The molecule has 24 heavy (non-hydrogen) atoms. The average molecular weight is 325 g/mol. The zero-order valence-electron chi connectivity index (χ0n) is 12.8. The van der Waals surface area contributed by atoms with Gasteiger partial charge in [0.1, 0.15) is 11.6 Å². The maximum absolute atomic E-state index is 12.8. The molecule has 0 unspecified atom stereocenters. The first-order valence-electron chi connectivity index (χ1n) is 7.62. The summed E-state index contributed by atoms with van der Waals surface area (Å²) in [5.74, 6) is -0.0801. The Labute approximate surface area is 138 Å². The second-order valence-corrected chi connectivity index (χ2v) is 5.57. The topological polar surface area (TPSA) is 71.1 Å². The lowest BCUT2D eigenvalue weighted by molar-refractivity contribution is -0.117. The number of hydrogen-bond acceptors (Lipinski definition) is 3. The molecule has 2 N–H and O–H groups in total. The minimum absolute atomic E-state index is 0.0125. The van der Waals surface area contributed by atoms with Crippen molar-refractivity contribution in [1.29, 1.82) is 0 Å². The first-order valence-corrected chi connectivity index (χ1v) is 7.62. The molecule has 2 aromatic rings. The van der Waals surface area contributed by atoms with Gasteiger partial charge in [-0.3, -0.25) is 9.59 Å². The van der Waals surface area contributed by atoms with Gasteiger partial charge in [0.25, 0.3) is 0 Å². The van der Waals surface area contributed by atoms with Gasteiger partial charge in [0.15, 0.2) is 0 Å². The molecular formula is C18H16FN3O2. The van der Waals surface area contributed by atoms with Gasteiger partial charge in [-0.15, -0.1) is 0 Å². The van der Waals surface area contributed by atoms with Crippen molar-refractivity contribution >= 4 is 29.4 Å². The Bertz CT molecular complexity index is 766. The lowest BCUT2D eigenvalue weighted by atomic mass is 10.2. The fourth-order valence-electron chi connectivity index (χ4n) is 2.05. The zero-order chi connectivity index (χ0) is 16.9. The molecule has 0 spiro atoms. The van der Waals surface area contributed by atoms with E-state index in [9.17, 15) is 14.0 Å². The monoisotopic (exact) mass is 325 g/mol. The highest BCUT2D eigenvalue weighted by atomic mass is 19.1. The van der Waals surface area contributed by atoms with E-state index in [4.69, 9.17) is 0 Å². The van der Waals surface area contributed by atoms with Crippen LogP contribution in [-0.2, 0) is 9.59 Å². The molecule has 1 aromatic carbocycles. The third-order valence-corrected chi connectivity index (χ3v) is 3.53. The summed E-state index contributed by atoms with van der Waals surface area (Å²) in [5.41, 5.74) is 1.25. The number of aromatic nitrogens is 1. The van der Waals surface area contributed by atoms with E-state index in [-0.39, 0.29) is 23.5 Å². The Hall–Kier alpha value is -3.02. The highest BCUT2D eigenvalue weighted by molar-refractivity contribution is 6.02. The smallest absolute Gasteiger partial charge is 0.248 e. The minimum Gasteiger partial charge on any atom is -0.321 e. The SMILES string of the molecule is O=C(/C=C/c1ccc(F)cc1)Nc1ccc(NC(=O)C2CC2)nc1. The van der Waals surface area contributed by atoms with Crippen molar-refractivity contribution < 1.29 is 14.0 Å². The second-order valence-electron chi connectivity index (χ2n) is 5.57. The summed E-state index contributed by atoms with van der Waals surface area (Å²) in [6.07, 6.45) is 6.29. The molecule has 0 aliphatic heterocycles. The number of halogens is 1. The molecule has 1 aromatic heterocycles. The van der Waals surface area contributed by atoms with Crippen molar-refractivity contribution in [1.82, 2.24) is 4.98 Å². The van der Waals surface area contributed by atoms with E-state index in [1.807, 2.05) is 0 Å². The Kier molecular flexibility index (Phi) is 4.65. The number of amides is 2. The van der Waals surface area contributed by atoms with E-state index >= 15 is 0 Å². The normalized spacial score (nSPS) is 13.7. The van der Waals surface area contributed by atoms with Crippen molar-refractivity contribution in [2.45, 2.75) is 12.8 Å². The number of carbonyl (C=O) groups excluding carboxylic acids is 2. The van der Waals surface area contributed by atoms with Crippen molar-refractivity contribution in [3.8, 4) is 0 Å². The quantitative estimate of drug-likeness (QED) is 0.829.